The number of sulfonamides is 1. The Bertz CT molecular complexity index is 1490. The van der Waals surface area contributed by atoms with E-state index in [9.17, 15) is 13.2 Å². The molecule has 0 fully saturated rings. The Morgan fingerprint density at radius 2 is 1.79 bits per heavy atom. The van der Waals surface area contributed by atoms with Gasteiger partial charge in [0.2, 0.25) is 16.8 Å². The number of nitrogens with zero attached hydrogens (tertiary/aromatic N) is 2. The van der Waals surface area contributed by atoms with E-state index < -0.39 is 10.0 Å². The van der Waals surface area contributed by atoms with Gasteiger partial charge in [0.05, 0.1) is 10.4 Å². The van der Waals surface area contributed by atoms with Crippen molar-refractivity contribution in [2.45, 2.75) is 18.0 Å². The second-order valence-electron chi connectivity index (χ2n) is 7.50. The minimum absolute atomic E-state index is 0.0391. The maximum absolute atomic E-state index is 13.5. The zero-order chi connectivity index (χ0) is 23.0. The van der Waals surface area contributed by atoms with Gasteiger partial charge in [-0.2, -0.15) is 4.31 Å². The molecule has 8 nitrogen and oxygen atoms in total. The van der Waals surface area contributed by atoms with Gasteiger partial charge in [-0.25, -0.2) is 8.42 Å². The van der Waals surface area contributed by atoms with Gasteiger partial charge in [0.25, 0.3) is 5.56 Å². The molecular weight excluding hydrogens is 466 g/mol. The maximum Gasteiger partial charge on any atom is 0.252 e. The first kappa shape index (κ1) is 21.4. The minimum Gasteiger partial charge on any atom is -0.454 e. The lowest BCUT2D eigenvalue weighted by molar-refractivity contribution is 0.174. The van der Waals surface area contributed by atoms with Crippen LogP contribution >= 0.6 is 11.6 Å². The van der Waals surface area contributed by atoms with Crippen LogP contribution in [0, 0.1) is 0 Å². The Balaban J connectivity index is 1.56. The largest absolute Gasteiger partial charge is 0.454 e. The number of halogens is 1. The summed E-state index contributed by atoms with van der Waals surface area (Å²) in [5, 5.41) is 1.14. The molecule has 1 N–H and O–H groups in total. The average Bonchev–Trinajstić information content (AvgIpc) is 3.26. The SMILES string of the molecule is O=c1[nH]c2cc3c(cc2cc1CN(Cc1cccnc1)S(=O)(=O)c1ccc(Cl)cc1)OCO3. The van der Waals surface area contributed by atoms with Crippen LogP contribution in [-0.4, -0.2) is 29.5 Å². The van der Waals surface area contributed by atoms with Crippen molar-refractivity contribution in [3.8, 4) is 11.5 Å². The maximum atomic E-state index is 13.5. The first-order chi connectivity index (χ1) is 15.9. The smallest absolute Gasteiger partial charge is 0.252 e. The summed E-state index contributed by atoms with van der Waals surface area (Å²) < 4.78 is 39.0. The Morgan fingerprint density at radius 1 is 1.03 bits per heavy atom. The molecule has 0 unspecified atom stereocenters. The number of benzene rings is 2. The standard InChI is InChI=1S/C23H18ClN3O5S/c24-18-3-5-19(6-4-18)33(29,30)27(12-15-2-1-7-25-11-15)13-17-8-16-9-21-22(32-14-31-21)10-20(16)26-23(17)28/h1-11H,12-14H2,(H,26,28). The highest BCUT2D eigenvalue weighted by Gasteiger charge is 2.26. The van der Waals surface area contributed by atoms with Crippen LogP contribution in [0.15, 0.2) is 76.7 Å². The number of nitrogens with one attached hydrogen (secondary N) is 1. The van der Waals surface area contributed by atoms with Gasteiger partial charge in [-0.3, -0.25) is 9.78 Å². The molecule has 0 atom stereocenters. The Morgan fingerprint density at radius 3 is 2.52 bits per heavy atom. The summed E-state index contributed by atoms with van der Waals surface area (Å²) in [7, 11) is -3.94. The molecule has 0 saturated heterocycles. The third kappa shape index (κ3) is 4.30. The van der Waals surface area contributed by atoms with Crippen molar-refractivity contribution >= 4 is 32.5 Å². The fraction of sp³-hybridized carbons (Fsp3) is 0.130. The van der Waals surface area contributed by atoms with E-state index in [-0.39, 0.29) is 30.3 Å². The molecule has 3 heterocycles. The van der Waals surface area contributed by atoms with Crippen molar-refractivity contribution in [1.29, 1.82) is 0 Å². The van der Waals surface area contributed by atoms with E-state index in [1.807, 2.05) is 0 Å². The number of fused-ring (bicyclic) bond motifs is 2. The van der Waals surface area contributed by atoms with E-state index in [2.05, 4.69) is 9.97 Å². The van der Waals surface area contributed by atoms with Crippen LogP contribution in [0.4, 0.5) is 0 Å². The van der Waals surface area contributed by atoms with Gasteiger partial charge in [-0.15, -0.1) is 0 Å². The molecule has 1 aliphatic heterocycles. The van der Waals surface area contributed by atoms with Gasteiger partial charge in [0.15, 0.2) is 11.5 Å². The first-order valence-corrected chi connectivity index (χ1v) is 11.8. The summed E-state index contributed by atoms with van der Waals surface area (Å²) in [6, 6.07) is 14.6. The molecule has 0 spiro atoms. The van der Waals surface area contributed by atoms with Crippen molar-refractivity contribution < 1.29 is 17.9 Å². The topological polar surface area (TPSA) is 102 Å². The molecule has 1 aliphatic rings. The van der Waals surface area contributed by atoms with Gasteiger partial charge in [0, 0.05) is 47.5 Å². The van der Waals surface area contributed by atoms with Crippen LogP contribution in [0.25, 0.3) is 10.9 Å². The van der Waals surface area contributed by atoms with Crippen molar-refractivity contribution in [3.05, 3.63) is 93.5 Å². The van der Waals surface area contributed by atoms with Crippen molar-refractivity contribution in [2.75, 3.05) is 6.79 Å². The summed E-state index contributed by atoms with van der Waals surface area (Å²) in [5.74, 6) is 1.12. The highest BCUT2D eigenvalue weighted by Crippen LogP contribution is 2.35. The molecule has 2 aromatic heterocycles. The van der Waals surface area contributed by atoms with E-state index in [1.54, 1.807) is 42.7 Å². The molecule has 5 rings (SSSR count). The Labute approximate surface area is 194 Å². The molecule has 0 saturated carbocycles. The number of H-pyrrole nitrogens is 1. The molecule has 0 amide bonds. The summed E-state index contributed by atoms with van der Waals surface area (Å²) in [4.78, 5) is 19.8. The Hall–Kier alpha value is -3.40. The highest BCUT2D eigenvalue weighted by atomic mass is 35.5. The van der Waals surface area contributed by atoms with Crippen molar-refractivity contribution in [2.24, 2.45) is 0 Å². The number of hydrogen-bond acceptors (Lipinski definition) is 6. The van der Waals surface area contributed by atoms with E-state index in [1.165, 1.54) is 28.6 Å². The lowest BCUT2D eigenvalue weighted by Gasteiger charge is -2.22. The fourth-order valence-corrected chi connectivity index (χ4v) is 5.16. The zero-order valence-corrected chi connectivity index (χ0v) is 18.8. The monoisotopic (exact) mass is 483 g/mol. The molecule has 2 aromatic carbocycles. The normalized spacial score (nSPS) is 13.0. The fourth-order valence-electron chi connectivity index (χ4n) is 3.63. The quantitative estimate of drug-likeness (QED) is 0.448. The van der Waals surface area contributed by atoms with E-state index in [0.29, 0.717) is 38.6 Å². The number of aromatic nitrogens is 2. The third-order valence-corrected chi connectivity index (χ3v) is 7.35. The van der Waals surface area contributed by atoms with Crippen LogP contribution in [0.1, 0.15) is 11.1 Å². The van der Waals surface area contributed by atoms with Gasteiger partial charge in [-0.1, -0.05) is 17.7 Å². The van der Waals surface area contributed by atoms with E-state index in [0.717, 1.165) is 0 Å². The number of aromatic amines is 1. The Kier molecular flexibility index (Phi) is 5.53. The molecular formula is C23H18ClN3O5S. The number of ether oxygens (including phenoxy) is 2. The molecule has 0 aliphatic carbocycles. The zero-order valence-electron chi connectivity index (χ0n) is 17.2. The minimum atomic E-state index is -3.94. The molecule has 10 heteroatoms. The molecule has 0 bridgehead atoms. The lowest BCUT2D eigenvalue weighted by atomic mass is 10.1. The number of rotatable bonds is 6. The van der Waals surface area contributed by atoms with E-state index in [4.69, 9.17) is 21.1 Å². The van der Waals surface area contributed by atoms with Crippen LogP contribution in [0.5, 0.6) is 11.5 Å². The molecule has 168 valence electrons. The summed E-state index contributed by atoms with van der Waals surface area (Å²) in [6.45, 7) is 0.0119. The number of pyridine rings is 2. The van der Waals surface area contributed by atoms with Crippen molar-refractivity contribution in [3.63, 3.8) is 0 Å². The third-order valence-electron chi connectivity index (χ3n) is 5.29. The summed E-state index contributed by atoms with van der Waals surface area (Å²) >= 11 is 5.94. The lowest BCUT2D eigenvalue weighted by Crippen LogP contribution is -2.32. The van der Waals surface area contributed by atoms with Crippen LogP contribution in [0.3, 0.4) is 0 Å². The molecule has 4 aromatic rings. The van der Waals surface area contributed by atoms with Gasteiger partial charge in [-0.05, 0) is 48.0 Å². The summed E-state index contributed by atoms with van der Waals surface area (Å²) in [6.07, 6.45) is 3.20. The molecule has 0 radical (unpaired) electrons. The second-order valence-corrected chi connectivity index (χ2v) is 9.88. The van der Waals surface area contributed by atoms with Crippen LogP contribution in [0.2, 0.25) is 5.02 Å². The average molecular weight is 484 g/mol. The van der Waals surface area contributed by atoms with Crippen LogP contribution in [-0.2, 0) is 23.1 Å². The number of hydrogen-bond donors (Lipinski definition) is 1. The summed E-state index contributed by atoms with van der Waals surface area (Å²) in [5.41, 5.74) is 1.18. The first-order valence-electron chi connectivity index (χ1n) is 10.0. The second kappa shape index (κ2) is 8.51. The predicted octanol–water partition coefficient (Wildman–Crippen LogP) is 3.70. The van der Waals surface area contributed by atoms with Gasteiger partial charge >= 0.3 is 0 Å². The molecule has 33 heavy (non-hydrogen) atoms. The van der Waals surface area contributed by atoms with Crippen molar-refractivity contribution in [1.82, 2.24) is 14.3 Å². The predicted molar refractivity (Wildman–Crippen MR) is 123 cm³/mol. The van der Waals surface area contributed by atoms with Crippen LogP contribution < -0.4 is 15.0 Å². The highest BCUT2D eigenvalue weighted by molar-refractivity contribution is 7.89. The van der Waals surface area contributed by atoms with Gasteiger partial charge in [0.1, 0.15) is 0 Å². The van der Waals surface area contributed by atoms with E-state index >= 15 is 0 Å². The van der Waals surface area contributed by atoms with Gasteiger partial charge < -0.3 is 14.5 Å².